The van der Waals surface area contributed by atoms with E-state index in [1.54, 1.807) is 30.6 Å². The van der Waals surface area contributed by atoms with Crippen LogP contribution in [0.5, 0.6) is 5.75 Å². The second-order valence-corrected chi connectivity index (χ2v) is 3.99. The summed E-state index contributed by atoms with van der Waals surface area (Å²) in [6.07, 6.45) is 3.30. The number of alkyl halides is 2. The van der Waals surface area contributed by atoms with Gasteiger partial charge in [0, 0.05) is 6.54 Å². The minimum Gasteiger partial charge on any atom is -0.433 e. The van der Waals surface area contributed by atoms with Crippen LogP contribution in [0.4, 0.5) is 25.8 Å². The monoisotopic (exact) mass is 279 g/mol. The molecule has 0 aliphatic heterocycles. The highest BCUT2D eigenvalue weighted by atomic mass is 19.3. The highest BCUT2D eigenvalue weighted by Gasteiger charge is 2.09. The first-order chi connectivity index (χ1) is 9.69. The molecular formula is C14H15F2N3O. The predicted molar refractivity (Wildman–Crippen MR) is 74.8 cm³/mol. The van der Waals surface area contributed by atoms with Gasteiger partial charge in [0.05, 0.1) is 29.5 Å². The fourth-order valence-corrected chi connectivity index (χ4v) is 1.73. The Hall–Kier alpha value is -2.37. The molecule has 1 aromatic carbocycles. The van der Waals surface area contributed by atoms with Crippen LogP contribution in [0.2, 0.25) is 0 Å². The van der Waals surface area contributed by atoms with E-state index < -0.39 is 6.61 Å². The summed E-state index contributed by atoms with van der Waals surface area (Å²) >= 11 is 0. The normalized spacial score (nSPS) is 10.4. The zero-order chi connectivity index (χ0) is 14.4. The van der Waals surface area contributed by atoms with E-state index in [0.717, 1.165) is 12.2 Å². The van der Waals surface area contributed by atoms with Crippen molar-refractivity contribution in [2.24, 2.45) is 0 Å². The van der Waals surface area contributed by atoms with Gasteiger partial charge in [0.2, 0.25) is 0 Å². The van der Waals surface area contributed by atoms with Gasteiger partial charge in [-0.1, -0.05) is 12.1 Å². The van der Waals surface area contributed by atoms with Crippen LogP contribution in [-0.2, 0) is 0 Å². The number of nitrogens with one attached hydrogen (secondary N) is 2. The zero-order valence-electron chi connectivity index (χ0n) is 10.9. The van der Waals surface area contributed by atoms with E-state index in [0.29, 0.717) is 11.4 Å². The van der Waals surface area contributed by atoms with Crippen LogP contribution in [-0.4, -0.2) is 18.1 Å². The molecule has 20 heavy (non-hydrogen) atoms. The average molecular weight is 279 g/mol. The zero-order valence-corrected chi connectivity index (χ0v) is 10.9. The van der Waals surface area contributed by atoms with E-state index in [-0.39, 0.29) is 5.75 Å². The minimum absolute atomic E-state index is 0.0938. The van der Waals surface area contributed by atoms with Gasteiger partial charge in [0.1, 0.15) is 5.75 Å². The molecule has 0 unspecified atom stereocenters. The van der Waals surface area contributed by atoms with E-state index in [1.807, 2.05) is 13.0 Å². The standard InChI is InChI=1S/C14H15F2N3O/c1-2-18-10-7-11(9-17-8-10)19-12-5-3-4-6-13(12)20-14(15)16/h3-9,14,18-19H,2H2,1H3. The molecule has 0 saturated carbocycles. The molecule has 2 rings (SSSR count). The Morgan fingerprint density at radius 3 is 2.70 bits per heavy atom. The number of halogens is 2. The number of hydrogen-bond donors (Lipinski definition) is 2. The fraction of sp³-hybridized carbons (Fsp3) is 0.214. The number of nitrogens with zero attached hydrogens (tertiary/aromatic N) is 1. The summed E-state index contributed by atoms with van der Waals surface area (Å²) in [5, 5.41) is 6.14. The Balaban J connectivity index is 2.19. The number of benzene rings is 1. The van der Waals surface area contributed by atoms with Gasteiger partial charge in [0.15, 0.2) is 0 Å². The van der Waals surface area contributed by atoms with Gasteiger partial charge in [0.25, 0.3) is 0 Å². The molecule has 0 aliphatic rings. The highest BCUT2D eigenvalue weighted by molar-refractivity contribution is 5.67. The Morgan fingerprint density at radius 2 is 1.95 bits per heavy atom. The summed E-state index contributed by atoms with van der Waals surface area (Å²) in [6.45, 7) is -0.105. The van der Waals surface area contributed by atoms with Gasteiger partial charge < -0.3 is 15.4 Å². The van der Waals surface area contributed by atoms with Crippen molar-refractivity contribution < 1.29 is 13.5 Å². The molecule has 4 nitrogen and oxygen atoms in total. The van der Waals surface area contributed by atoms with Crippen LogP contribution in [0, 0.1) is 0 Å². The van der Waals surface area contributed by atoms with Crippen molar-refractivity contribution in [3.8, 4) is 5.75 Å². The second-order valence-electron chi connectivity index (χ2n) is 3.99. The van der Waals surface area contributed by atoms with Crippen LogP contribution in [0.1, 0.15) is 6.92 Å². The Labute approximate surface area is 115 Å². The minimum atomic E-state index is -2.86. The van der Waals surface area contributed by atoms with Crippen LogP contribution in [0.3, 0.4) is 0 Å². The quantitative estimate of drug-likeness (QED) is 0.843. The van der Waals surface area contributed by atoms with Gasteiger partial charge in [-0.15, -0.1) is 0 Å². The van der Waals surface area contributed by atoms with Crippen LogP contribution >= 0.6 is 0 Å². The third-order valence-corrected chi connectivity index (χ3v) is 2.50. The highest BCUT2D eigenvalue weighted by Crippen LogP contribution is 2.29. The molecule has 0 atom stereocenters. The molecule has 106 valence electrons. The van der Waals surface area contributed by atoms with E-state index >= 15 is 0 Å². The van der Waals surface area contributed by atoms with Crippen LogP contribution in [0.25, 0.3) is 0 Å². The number of aromatic nitrogens is 1. The van der Waals surface area contributed by atoms with Crippen molar-refractivity contribution >= 4 is 17.1 Å². The molecule has 2 N–H and O–H groups in total. The molecule has 0 fully saturated rings. The summed E-state index contributed by atoms with van der Waals surface area (Å²) in [5.41, 5.74) is 2.00. The first-order valence-electron chi connectivity index (χ1n) is 6.19. The van der Waals surface area contributed by atoms with E-state index in [2.05, 4.69) is 20.4 Å². The number of anilines is 3. The molecule has 0 aliphatic carbocycles. The van der Waals surface area contributed by atoms with Gasteiger partial charge in [-0.2, -0.15) is 8.78 Å². The Bertz CT molecular complexity index is 564. The lowest BCUT2D eigenvalue weighted by Crippen LogP contribution is -2.04. The first-order valence-corrected chi connectivity index (χ1v) is 6.19. The molecular weight excluding hydrogens is 264 g/mol. The number of pyridine rings is 1. The maximum absolute atomic E-state index is 12.3. The lowest BCUT2D eigenvalue weighted by molar-refractivity contribution is -0.0493. The molecule has 2 aromatic rings. The van der Waals surface area contributed by atoms with Crippen LogP contribution < -0.4 is 15.4 Å². The molecule has 0 saturated heterocycles. The SMILES string of the molecule is CCNc1cncc(Nc2ccccc2OC(F)F)c1. The van der Waals surface area contributed by atoms with E-state index in [1.165, 1.54) is 6.07 Å². The maximum atomic E-state index is 12.3. The number of rotatable bonds is 6. The topological polar surface area (TPSA) is 46.2 Å². The van der Waals surface area contributed by atoms with Gasteiger partial charge in [-0.25, -0.2) is 0 Å². The third-order valence-electron chi connectivity index (χ3n) is 2.50. The van der Waals surface area contributed by atoms with E-state index in [4.69, 9.17) is 0 Å². The number of ether oxygens (including phenoxy) is 1. The molecule has 6 heteroatoms. The largest absolute Gasteiger partial charge is 0.433 e. The molecule has 0 spiro atoms. The second kappa shape index (κ2) is 6.70. The summed E-state index contributed by atoms with van der Waals surface area (Å²) in [6, 6.07) is 8.36. The van der Waals surface area contributed by atoms with Crippen molar-refractivity contribution in [3.05, 3.63) is 42.7 Å². The summed E-state index contributed by atoms with van der Waals surface area (Å²) in [7, 11) is 0. The first kappa shape index (κ1) is 14.0. The summed E-state index contributed by atoms with van der Waals surface area (Å²) < 4.78 is 29.1. The summed E-state index contributed by atoms with van der Waals surface area (Å²) in [4.78, 5) is 4.08. The smallest absolute Gasteiger partial charge is 0.387 e. The molecule has 0 radical (unpaired) electrons. The van der Waals surface area contributed by atoms with Gasteiger partial charge in [-0.3, -0.25) is 4.98 Å². The van der Waals surface area contributed by atoms with Crippen molar-refractivity contribution in [1.82, 2.24) is 4.98 Å². The lowest BCUT2D eigenvalue weighted by Gasteiger charge is -2.13. The maximum Gasteiger partial charge on any atom is 0.387 e. The molecule has 0 amide bonds. The Morgan fingerprint density at radius 1 is 1.20 bits per heavy atom. The van der Waals surface area contributed by atoms with Crippen molar-refractivity contribution in [2.45, 2.75) is 13.5 Å². The third kappa shape index (κ3) is 3.81. The van der Waals surface area contributed by atoms with Crippen molar-refractivity contribution in [2.75, 3.05) is 17.2 Å². The fourth-order valence-electron chi connectivity index (χ4n) is 1.73. The van der Waals surface area contributed by atoms with E-state index in [9.17, 15) is 8.78 Å². The number of hydrogen-bond acceptors (Lipinski definition) is 4. The average Bonchev–Trinajstić information content (AvgIpc) is 2.41. The van der Waals surface area contributed by atoms with Gasteiger partial charge in [-0.05, 0) is 25.1 Å². The van der Waals surface area contributed by atoms with Crippen molar-refractivity contribution in [3.63, 3.8) is 0 Å². The van der Waals surface area contributed by atoms with Crippen molar-refractivity contribution in [1.29, 1.82) is 0 Å². The Kier molecular flexibility index (Phi) is 4.70. The molecule has 1 aromatic heterocycles. The number of para-hydroxylation sites is 2. The van der Waals surface area contributed by atoms with Crippen LogP contribution in [0.15, 0.2) is 42.7 Å². The molecule has 0 bridgehead atoms. The predicted octanol–water partition coefficient (Wildman–Crippen LogP) is 3.86. The lowest BCUT2D eigenvalue weighted by atomic mass is 10.2. The summed E-state index contributed by atoms with van der Waals surface area (Å²) in [5.74, 6) is 0.0938. The van der Waals surface area contributed by atoms with Gasteiger partial charge >= 0.3 is 6.61 Å². The molecule has 1 heterocycles.